The number of hydrogen-bond acceptors (Lipinski definition) is 4. The summed E-state index contributed by atoms with van der Waals surface area (Å²) in [6.07, 6.45) is 0. The Hall–Kier alpha value is -9.98. The van der Waals surface area contributed by atoms with Crippen molar-refractivity contribution in [3.05, 3.63) is 289 Å². The Bertz CT molecular complexity index is 4900. The molecular weight excluding hydrogens is 1020 g/mol. The van der Waals surface area contributed by atoms with E-state index in [1.807, 2.05) is 0 Å². The van der Waals surface area contributed by atoms with Gasteiger partial charge in [0.1, 0.15) is 10.0 Å². The monoisotopic (exact) mass is 1060 g/mol. The van der Waals surface area contributed by atoms with Crippen LogP contribution in [-0.4, -0.2) is 19.1 Å². The van der Waals surface area contributed by atoms with Crippen LogP contribution in [-0.2, 0) is 5.41 Å². The Kier molecular flexibility index (Phi) is 9.44. The fraction of sp³-hybridized carbons (Fsp3) is 0.0133. The van der Waals surface area contributed by atoms with E-state index in [1.54, 1.807) is 22.7 Å². The summed E-state index contributed by atoms with van der Waals surface area (Å²) in [5, 5.41) is 7.02. The normalized spacial score (nSPS) is 13.0. The maximum atomic E-state index is 4.94. The van der Waals surface area contributed by atoms with Crippen LogP contribution in [0.5, 0.6) is 0 Å². The molecule has 0 bridgehead atoms. The van der Waals surface area contributed by atoms with Crippen LogP contribution < -0.4 is 0 Å². The first-order chi connectivity index (χ1) is 40.1. The lowest BCUT2D eigenvalue weighted by Crippen LogP contribution is -2.26. The minimum absolute atomic E-state index is 0.573. The second-order valence-corrected chi connectivity index (χ2v) is 23.7. The van der Waals surface area contributed by atoms with E-state index in [0.29, 0.717) is 0 Å². The van der Waals surface area contributed by atoms with Gasteiger partial charge in [0, 0.05) is 44.0 Å². The molecule has 18 rings (SSSR count). The van der Waals surface area contributed by atoms with Crippen molar-refractivity contribution in [2.45, 2.75) is 5.41 Å². The average molecular weight is 1070 g/mol. The van der Waals surface area contributed by atoms with Crippen LogP contribution in [0.1, 0.15) is 22.3 Å². The lowest BCUT2D eigenvalue weighted by Gasteiger charge is -2.31. The molecule has 4 aromatic heterocycles. The molecule has 4 heterocycles. The zero-order valence-corrected chi connectivity index (χ0v) is 45.1. The maximum absolute atomic E-state index is 4.94. The minimum Gasteiger partial charge on any atom is -0.309 e. The number of rotatable bonds is 6. The second-order valence-electron chi connectivity index (χ2n) is 21.6. The smallest absolute Gasteiger partial charge is 0.124 e. The Morgan fingerprint density at radius 1 is 0.272 bits per heavy atom. The number of fused-ring (bicyclic) bond motifs is 18. The lowest BCUT2D eigenvalue weighted by atomic mass is 9.70. The van der Waals surface area contributed by atoms with Crippen molar-refractivity contribution in [1.29, 1.82) is 0 Å². The maximum Gasteiger partial charge on any atom is 0.124 e. The fourth-order valence-electron chi connectivity index (χ4n) is 13.9. The summed E-state index contributed by atoms with van der Waals surface area (Å²) >= 11 is 3.49. The van der Waals surface area contributed by atoms with Crippen molar-refractivity contribution in [2.75, 3.05) is 0 Å². The van der Waals surface area contributed by atoms with Gasteiger partial charge in [-0.2, -0.15) is 0 Å². The zero-order chi connectivity index (χ0) is 52.9. The summed E-state index contributed by atoms with van der Waals surface area (Å²) in [5.74, 6) is 0. The van der Waals surface area contributed by atoms with Gasteiger partial charge in [0.25, 0.3) is 0 Å². The highest BCUT2D eigenvalue weighted by Gasteiger charge is 2.52. The van der Waals surface area contributed by atoms with Crippen LogP contribution in [0.4, 0.5) is 0 Å². The van der Waals surface area contributed by atoms with Crippen molar-refractivity contribution in [1.82, 2.24) is 19.1 Å². The van der Waals surface area contributed by atoms with Crippen LogP contribution >= 0.6 is 22.7 Å². The highest BCUT2D eigenvalue weighted by atomic mass is 32.1. The highest BCUT2D eigenvalue weighted by Crippen LogP contribution is 2.63. The molecule has 0 saturated carbocycles. The summed E-state index contributed by atoms with van der Waals surface area (Å²) in [7, 11) is 0. The van der Waals surface area contributed by atoms with Crippen molar-refractivity contribution in [3.63, 3.8) is 0 Å². The van der Waals surface area contributed by atoms with Crippen LogP contribution in [0.15, 0.2) is 267 Å². The topological polar surface area (TPSA) is 35.6 Å². The van der Waals surface area contributed by atoms with Gasteiger partial charge in [-0.3, -0.25) is 0 Å². The van der Waals surface area contributed by atoms with Crippen molar-refractivity contribution in [3.8, 4) is 77.0 Å². The first kappa shape index (κ1) is 44.9. The van der Waals surface area contributed by atoms with Gasteiger partial charge in [0.05, 0.1) is 47.9 Å². The number of benzene rings is 12. The van der Waals surface area contributed by atoms with Gasteiger partial charge >= 0.3 is 0 Å². The number of aromatic nitrogens is 4. The molecule has 6 heteroatoms. The molecule has 0 atom stereocenters. The van der Waals surface area contributed by atoms with E-state index in [1.165, 1.54) is 120 Å². The Morgan fingerprint density at radius 3 is 1.11 bits per heavy atom. The predicted molar refractivity (Wildman–Crippen MR) is 340 cm³/mol. The molecule has 1 spiro atoms. The number of thiazole rings is 2. The average Bonchev–Trinajstić information content (AvgIpc) is 3.98. The van der Waals surface area contributed by atoms with Crippen molar-refractivity contribution in [2.24, 2.45) is 0 Å². The van der Waals surface area contributed by atoms with Crippen LogP contribution in [0.2, 0.25) is 0 Å². The van der Waals surface area contributed by atoms with Gasteiger partial charge in [-0.05, 0) is 152 Å². The minimum atomic E-state index is -0.573. The van der Waals surface area contributed by atoms with Gasteiger partial charge < -0.3 is 9.13 Å². The number of nitrogens with zero attached hydrogens (tertiary/aromatic N) is 4. The molecule has 0 saturated heterocycles. The van der Waals surface area contributed by atoms with Crippen LogP contribution in [0.25, 0.3) is 141 Å². The first-order valence-electron chi connectivity index (χ1n) is 27.6. The third kappa shape index (κ3) is 6.46. The molecule has 0 fully saturated rings. The predicted octanol–water partition coefficient (Wildman–Crippen LogP) is 20.1. The SMILES string of the molecule is c1ccc2c(c1)-c1ccccc1C21c2cc(-n3c4ccccc4c4cc(-c5ccc(-c6nc7ccccc7s6)cc5)ccc43)ccc2-c2ccc(-n3c4ccccc4c4cc(-c5ccc(-c6nc7ccccc7s6)cc5)ccc43)cc21. The Morgan fingerprint density at radius 2 is 0.642 bits per heavy atom. The molecule has 0 N–H and O–H groups in total. The second kappa shape index (κ2) is 17.0. The molecule has 81 heavy (non-hydrogen) atoms. The van der Waals surface area contributed by atoms with Gasteiger partial charge in [-0.1, -0.05) is 182 Å². The van der Waals surface area contributed by atoms with E-state index in [2.05, 4.69) is 276 Å². The molecule has 2 aliphatic rings. The van der Waals surface area contributed by atoms with E-state index in [0.717, 1.165) is 43.6 Å². The van der Waals surface area contributed by atoms with Crippen LogP contribution in [0.3, 0.4) is 0 Å². The summed E-state index contributed by atoms with van der Waals surface area (Å²) in [6, 6.07) is 99.2. The molecule has 376 valence electrons. The van der Waals surface area contributed by atoms with Crippen molar-refractivity contribution < 1.29 is 0 Å². The highest BCUT2D eigenvalue weighted by molar-refractivity contribution is 7.22. The van der Waals surface area contributed by atoms with Crippen LogP contribution in [0, 0.1) is 0 Å². The summed E-state index contributed by atoms with van der Waals surface area (Å²) in [6.45, 7) is 0. The molecule has 0 aliphatic heterocycles. The fourth-order valence-corrected chi connectivity index (χ4v) is 15.8. The van der Waals surface area contributed by atoms with Crippen molar-refractivity contribution >= 4 is 86.7 Å². The molecule has 12 aromatic carbocycles. The third-order valence-corrected chi connectivity index (χ3v) is 19.6. The lowest BCUT2D eigenvalue weighted by molar-refractivity contribution is 0.791. The Balaban J connectivity index is 0.775. The van der Waals surface area contributed by atoms with E-state index in [4.69, 9.17) is 9.97 Å². The summed E-state index contributed by atoms with van der Waals surface area (Å²) < 4.78 is 7.39. The van der Waals surface area contributed by atoms with E-state index in [9.17, 15) is 0 Å². The summed E-state index contributed by atoms with van der Waals surface area (Å²) in [5.41, 5.74) is 25.9. The summed E-state index contributed by atoms with van der Waals surface area (Å²) in [4.78, 5) is 9.88. The van der Waals surface area contributed by atoms with Gasteiger partial charge in [-0.15, -0.1) is 22.7 Å². The van der Waals surface area contributed by atoms with E-state index >= 15 is 0 Å². The van der Waals surface area contributed by atoms with Gasteiger partial charge in [0.2, 0.25) is 0 Å². The number of para-hydroxylation sites is 4. The third-order valence-electron chi connectivity index (χ3n) is 17.4. The molecular formula is C75H44N4S2. The standard InChI is InChI=1S/C75H44N4S2/c1-5-17-61-53(13-1)54-14-2-6-18-62(54)75(61)63-43-51(78-67-21-9-3-15-57(67)59-41-49(33-39-69(59)78)45-25-29-47(30-26-45)73-76-65-19-7-11-23-71(65)80-73)35-37-55(63)56-38-36-52(44-64(56)75)79-68-22-10-4-16-58(68)60-42-50(34-40-70(60)79)46-27-31-48(32-28-46)74-77-66-20-8-12-24-72(66)81-74/h1-44H. The first-order valence-corrected chi connectivity index (χ1v) is 29.2. The molecule has 0 amide bonds. The molecule has 0 unspecified atom stereocenters. The quantitative estimate of drug-likeness (QED) is 0.166. The molecule has 4 nitrogen and oxygen atoms in total. The largest absolute Gasteiger partial charge is 0.309 e. The number of hydrogen-bond donors (Lipinski definition) is 0. The molecule has 0 radical (unpaired) electrons. The Labute approximate surface area is 474 Å². The van der Waals surface area contributed by atoms with E-state index in [-0.39, 0.29) is 0 Å². The van der Waals surface area contributed by atoms with Gasteiger partial charge in [0.15, 0.2) is 0 Å². The van der Waals surface area contributed by atoms with Gasteiger partial charge in [-0.25, -0.2) is 9.97 Å². The molecule has 16 aromatic rings. The zero-order valence-electron chi connectivity index (χ0n) is 43.5. The van der Waals surface area contributed by atoms with E-state index < -0.39 is 5.41 Å². The molecule has 2 aliphatic carbocycles.